The summed E-state index contributed by atoms with van der Waals surface area (Å²) in [5, 5.41) is 3.04. The molecule has 0 saturated carbocycles. The highest BCUT2D eigenvalue weighted by Crippen LogP contribution is 2.29. The van der Waals surface area contributed by atoms with Crippen LogP contribution in [0, 0.1) is 0 Å². The molecular formula is C13H17F3N2O. The van der Waals surface area contributed by atoms with Gasteiger partial charge in [-0.25, -0.2) is 0 Å². The number of para-hydroxylation sites is 1. The van der Waals surface area contributed by atoms with Gasteiger partial charge in [-0.1, -0.05) is 30.4 Å². The van der Waals surface area contributed by atoms with Crippen molar-refractivity contribution in [3.05, 3.63) is 42.0 Å². The first-order chi connectivity index (χ1) is 8.83. The molecule has 0 amide bonds. The van der Waals surface area contributed by atoms with Crippen molar-refractivity contribution < 1.29 is 17.9 Å². The van der Waals surface area contributed by atoms with Crippen molar-refractivity contribution in [1.29, 1.82) is 0 Å². The summed E-state index contributed by atoms with van der Waals surface area (Å²) in [5.74, 6) is -0.236. The fourth-order valence-corrected chi connectivity index (χ4v) is 1.60. The molecule has 1 rings (SSSR count). The van der Waals surface area contributed by atoms with Gasteiger partial charge in [0.1, 0.15) is 5.75 Å². The Morgan fingerprint density at radius 2 is 2.05 bits per heavy atom. The molecule has 3 nitrogen and oxygen atoms in total. The van der Waals surface area contributed by atoms with E-state index in [0.29, 0.717) is 12.1 Å². The summed E-state index contributed by atoms with van der Waals surface area (Å²) in [7, 11) is 0. The molecule has 0 bridgehead atoms. The predicted molar refractivity (Wildman–Crippen MR) is 67.7 cm³/mol. The second kappa shape index (κ2) is 6.58. The Morgan fingerprint density at radius 3 is 2.58 bits per heavy atom. The van der Waals surface area contributed by atoms with Crippen LogP contribution in [-0.4, -0.2) is 19.5 Å². The van der Waals surface area contributed by atoms with E-state index in [9.17, 15) is 13.2 Å². The molecule has 0 radical (unpaired) electrons. The van der Waals surface area contributed by atoms with E-state index < -0.39 is 12.4 Å². The molecule has 19 heavy (non-hydrogen) atoms. The minimum Gasteiger partial charge on any atom is -0.405 e. The molecule has 0 fully saturated rings. The highest BCUT2D eigenvalue weighted by Gasteiger charge is 2.32. The normalized spacial score (nSPS) is 13.1. The van der Waals surface area contributed by atoms with Gasteiger partial charge in [-0.2, -0.15) is 0 Å². The molecule has 1 aromatic carbocycles. The Hall–Kier alpha value is -1.53. The molecule has 0 aliphatic carbocycles. The molecule has 1 atom stereocenters. The van der Waals surface area contributed by atoms with Crippen molar-refractivity contribution in [3.8, 4) is 5.75 Å². The summed E-state index contributed by atoms with van der Waals surface area (Å²) in [4.78, 5) is 0. The molecular weight excluding hydrogens is 257 g/mol. The highest BCUT2D eigenvalue weighted by molar-refractivity contribution is 5.36. The fourth-order valence-electron chi connectivity index (χ4n) is 1.60. The van der Waals surface area contributed by atoms with Gasteiger partial charge in [-0.15, -0.1) is 13.2 Å². The van der Waals surface area contributed by atoms with Crippen LogP contribution in [0.3, 0.4) is 0 Å². The summed E-state index contributed by atoms with van der Waals surface area (Å²) in [5.41, 5.74) is 6.84. The maximum Gasteiger partial charge on any atom is 0.573 e. The highest BCUT2D eigenvalue weighted by atomic mass is 19.4. The number of alkyl halides is 3. The van der Waals surface area contributed by atoms with Crippen molar-refractivity contribution in [2.24, 2.45) is 5.73 Å². The summed E-state index contributed by atoms with van der Waals surface area (Å²) in [6.07, 6.45) is -4.72. The maximum atomic E-state index is 12.3. The van der Waals surface area contributed by atoms with Gasteiger partial charge >= 0.3 is 6.36 Å². The third kappa shape index (κ3) is 5.32. The van der Waals surface area contributed by atoms with Gasteiger partial charge in [0.25, 0.3) is 0 Å². The second-order valence-electron chi connectivity index (χ2n) is 4.21. The van der Waals surface area contributed by atoms with Crippen LogP contribution in [-0.2, 0) is 0 Å². The van der Waals surface area contributed by atoms with E-state index in [1.807, 2.05) is 6.92 Å². The lowest BCUT2D eigenvalue weighted by Gasteiger charge is -2.21. The number of nitrogens with two attached hydrogens (primary N) is 1. The number of halogens is 3. The van der Waals surface area contributed by atoms with Crippen molar-refractivity contribution in [2.75, 3.05) is 13.1 Å². The smallest absolute Gasteiger partial charge is 0.405 e. The van der Waals surface area contributed by atoms with Gasteiger partial charge < -0.3 is 15.8 Å². The van der Waals surface area contributed by atoms with Crippen molar-refractivity contribution in [3.63, 3.8) is 0 Å². The molecule has 0 saturated heterocycles. The first kappa shape index (κ1) is 15.5. The van der Waals surface area contributed by atoms with E-state index >= 15 is 0 Å². The monoisotopic (exact) mass is 274 g/mol. The SMILES string of the molecule is C=C(C)CNC(CN)c1ccccc1OC(F)(F)F. The standard InChI is InChI=1S/C13H17F3N2O/c1-9(2)8-18-11(7-17)10-5-3-4-6-12(10)19-13(14,15)16/h3-6,11,18H,1,7-8,17H2,2H3. The average molecular weight is 274 g/mol. The van der Waals surface area contributed by atoms with E-state index in [4.69, 9.17) is 5.73 Å². The molecule has 1 unspecified atom stereocenters. The Balaban J connectivity index is 2.93. The average Bonchev–Trinajstić information content (AvgIpc) is 2.29. The molecule has 0 aromatic heterocycles. The zero-order valence-corrected chi connectivity index (χ0v) is 10.6. The molecule has 0 aliphatic rings. The topological polar surface area (TPSA) is 47.3 Å². The third-order valence-electron chi connectivity index (χ3n) is 2.41. The van der Waals surface area contributed by atoms with Crippen LogP contribution in [0.5, 0.6) is 5.75 Å². The minimum absolute atomic E-state index is 0.158. The minimum atomic E-state index is -4.72. The summed E-state index contributed by atoms with van der Waals surface area (Å²) >= 11 is 0. The van der Waals surface area contributed by atoms with Crippen molar-refractivity contribution >= 4 is 0 Å². The van der Waals surface area contributed by atoms with Gasteiger partial charge in [0.15, 0.2) is 0 Å². The quantitative estimate of drug-likeness (QED) is 0.784. The van der Waals surface area contributed by atoms with Crippen LogP contribution < -0.4 is 15.8 Å². The lowest BCUT2D eigenvalue weighted by Crippen LogP contribution is -2.30. The molecule has 106 valence electrons. The Labute approximate surface area is 110 Å². The van der Waals surface area contributed by atoms with Crippen LogP contribution >= 0.6 is 0 Å². The fraction of sp³-hybridized carbons (Fsp3) is 0.385. The summed E-state index contributed by atoms with van der Waals surface area (Å²) in [6, 6.07) is 5.54. The number of hydrogen-bond acceptors (Lipinski definition) is 3. The number of ether oxygens (including phenoxy) is 1. The van der Waals surface area contributed by atoms with E-state index in [0.717, 1.165) is 5.57 Å². The number of hydrogen-bond donors (Lipinski definition) is 2. The molecule has 0 aliphatic heterocycles. The molecule has 3 N–H and O–H groups in total. The van der Waals surface area contributed by atoms with Gasteiger partial charge in [0.05, 0.1) is 0 Å². The van der Waals surface area contributed by atoms with Crippen molar-refractivity contribution in [1.82, 2.24) is 5.32 Å². The van der Waals surface area contributed by atoms with Crippen LogP contribution in [0.1, 0.15) is 18.5 Å². The Kier molecular flexibility index (Phi) is 5.38. The second-order valence-corrected chi connectivity index (χ2v) is 4.21. The van der Waals surface area contributed by atoms with E-state index in [1.54, 1.807) is 12.1 Å². The van der Waals surface area contributed by atoms with Gasteiger partial charge in [-0.3, -0.25) is 0 Å². The van der Waals surface area contributed by atoms with Gasteiger partial charge in [-0.05, 0) is 13.0 Å². The molecule has 1 aromatic rings. The van der Waals surface area contributed by atoms with Crippen LogP contribution in [0.25, 0.3) is 0 Å². The Morgan fingerprint density at radius 1 is 1.42 bits per heavy atom. The number of benzene rings is 1. The predicted octanol–water partition coefficient (Wildman–Crippen LogP) is 2.75. The van der Waals surface area contributed by atoms with Crippen molar-refractivity contribution in [2.45, 2.75) is 19.3 Å². The number of rotatable bonds is 6. The summed E-state index contributed by atoms with van der Waals surface area (Å²) < 4.78 is 40.9. The van der Waals surface area contributed by atoms with E-state index in [1.165, 1.54) is 12.1 Å². The lowest BCUT2D eigenvalue weighted by atomic mass is 10.1. The van der Waals surface area contributed by atoms with Crippen LogP contribution in [0.2, 0.25) is 0 Å². The zero-order valence-electron chi connectivity index (χ0n) is 10.6. The van der Waals surface area contributed by atoms with E-state index in [-0.39, 0.29) is 12.3 Å². The Bertz CT molecular complexity index is 432. The summed E-state index contributed by atoms with van der Waals surface area (Å²) in [6.45, 7) is 6.17. The first-order valence-electron chi connectivity index (χ1n) is 5.76. The molecule has 0 heterocycles. The van der Waals surface area contributed by atoms with Crippen LogP contribution in [0.4, 0.5) is 13.2 Å². The van der Waals surface area contributed by atoms with E-state index in [2.05, 4.69) is 16.6 Å². The first-order valence-corrected chi connectivity index (χ1v) is 5.76. The van der Waals surface area contributed by atoms with Gasteiger partial charge in [0.2, 0.25) is 0 Å². The third-order valence-corrected chi connectivity index (χ3v) is 2.41. The van der Waals surface area contributed by atoms with Crippen LogP contribution in [0.15, 0.2) is 36.4 Å². The maximum absolute atomic E-state index is 12.3. The van der Waals surface area contributed by atoms with Gasteiger partial charge in [0, 0.05) is 24.7 Å². The lowest BCUT2D eigenvalue weighted by molar-refractivity contribution is -0.275. The molecule has 0 spiro atoms. The molecule has 6 heteroatoms. The number of nitrogens with one attached hydrogen (secondary N) is 1. The largest absolute Gasteiger partial charge is 0.573 e. The zero-order chi connectivity index (χ0) is 14.5.